The fraction of sp³-hybridized carbons (Fsp3) is 0.875. The first-order valence-electron chi connectivity index (χ1n) is 4.01. The van der Waals surface area contributed by atoms with Gasteiger partial charge in [-0.1, -0.05) is 0 Å². The lowest BCUT2D eigenvalue weighted by atomic mass is 9.76. The third-order valence-electron chi connectivity index (χ3n) is 3.01. The summed E-state index contributed by atoms with van der Waals surface area (Å²) < 4.78 is 4.66. The summed E-state index contributed by atoms with van der Waals surface area (Å²) in [5.74, 6) is 0.129. The molecule has 0 heterocycles. The minimum Gasteiger partial charge on any atom is -0.469 e. The number of methoxy groups -OCH3 is 1. The lowest BCUT2D eigenvalue weighted by molar-refractivity contribution is -0.143. The fourth-order valence-corrected chi connectivity index (χ4v) is 2.26. The molecule has 2 fully saturated rings. The summed E-state index contributed by atoms with van der Waals surface area (Å²) in [4.78, 5) is 11.0. The van der Waals surface area contributed by atoms with Crippen molar-refractivity contribution in [2.75, 3.05) is 7.11 Å². The molecule has 0 bridgehead atoms. The van der Waals surface area contributed by atoms with Gasteiger partial charge in [-0.3, -0.25) is 4.79 Å². The molecule has 3 heteroatoms. The molecule has 2 saturated carbocycles. The van der Waals surface area contributed by atoms with Gasteiger partial charge >= 0.3 is 5.97 Å². The third-order valence-corrected chi connectivity index (χ3v) is 3.01. The summed E-state index contributed by atoms with van der Waals surface area (Å²) in [5, 5.41) is 0. The lowest BCUT2D eigenvalue weighted by Crippen LogP contribution is -2.39. The Hall–Kier alpha value is -0.570. The van der Waals surface area contributed by atoms with Gasteiger partial charge in [0, 0.05) is 6.04 Å². The van der Waals surface area contributed by atoms with Gasteiger partial charge in [0.25, 0.3) is 0 Å². The largest absolute Gasteiger partial charge is 0.469 e. The van der Waals surface area contributed by atoms with E-state index in [1.807, 2.05) is 0 Å². The number of carbonyl (C=O) groups excluding carboxylic acids is 1. The zero-order valence-corrected chi connectivity index (χ0v) is 6.67. The normalized spacial score (nSPS) is 46.7. The standard InChI is InChI=1S/C8H13NO2/c1-11-7(10)6-4-8(6)2-5(9)3-8/h5-6H,2-4,9H2,1H3/t5?,6-,8?/m1/s1. The van der Waals surface area contributed by atoms with E-state index >= 15 is 0 Å². The highest BCUT2D eigenvalue weighted by Gasteiger charge is 2.64. The second kappa shape index (κ2) is 1.97. The van der Waals surface area contributed by atoms with Crippen LogP contribution in [0.15, 0.2) is 0 Å². The molecular weight excluding hydrogens is 142 g/mol. The minimum absolute atomic E-state index is 0.0445. The molecule has 1 atom stereocenters. The molecular formula is C8H13NO2. The molecule has 2 rings (SSSR count). The third kappa shape index (κ3) is 0.872. The van der Waals surface area contributed by atoms with Gasteiger partial charge in [-0.25, -0.2) is 0 Å². The van der Waals surface area contributed by atoms with E-state index in [0.717, 1.165) is 19.3 Å². The molecule has 11 heavy (non-hydrogen) atoms. The predicted molar refractivity (Wildman–Crippen MR) is 39.8 cm³/mol. The van der Waals surface area contributed by atoms with E-state index in [1.165, 1.54) is 7.11 Å². The summed E-state index contributed by atoms with van der Waals surface area (Å²) in [6, 6.07) is 0.338. The van der Waals surface area contributed by atoms with Crippen molar-refractivity contribution in [3.05, 3.63) is 0 Å². The Kier molecular flexibility index (Phi) is 1.27. The highest BCUT2D eigenvalue weighted by molar-refractivity contribution is 5.77. The monoisotopic (exact) mass is 155 g/mol. The van der Waals surface area contributed by atoms with Gasteiger partial charge in [-0.15, -0.1) is 0 Å². The summed E-state index contributed by atoms with van der Waals surface area (Å²) in [5.41, 5.74) is 5.93. The van der Waals surface area contributed by atoms with Crippen LogP contribution in [0.4, 0.5) is 0 Å². The van der Waals surface area contributed by atoms with Crippen molar-refractivity contribution in [3.8, 4) is 0 Å². The van der Waals surface area contributed by atoms with Crippen molar-refractivity contribution in [1.29, 1.82) is 0 Å². The van der Waals surface area contributed by atoms with E-state index in [1.54, 1.807) is 0 Å². The van der Waals surface area contributed by atoms with Crippen LogP contribution in [0.25, 0.3) is 0 Å². The van der Waals surface area contributed by atoms with E-state index in [4.69, 9.17) is 5.73 Å². The molecule has 3 nitrogen and oxygen atoms in total. The topological polar surface area (TPSA) is 52.3 Å². The molecule has 0 unspecified atom stereocenters. The van der Waals surface area contributed by atoms with Gasteiger partial charge in [0.2, 0.25) is 0 Å². The summed E-state index contributed by atoms with van der Waals surface area (Å²) >= 11 is 0. The molecule has 0 saturated heterocycles. The van der Waals surface area contributed by atoms with Gasteiger partial charge in [-0.05, 0) is 24.7 Å². The summed E-state index contributed by atoms with van der Waals surface area (Å²) in [6.45, 7) is 0. The zero-order valence-electron chi connectivity index (χ0n) is 6.67. The van der Waals surface area contributed by atoms with Crippen molar-refractivity contribution in [2.45, 2.75) is 25.3 Å². The van der Waals surface area contributed by atoms with Crippen molar-refractivity contribution < 1.29 is 9.53 Å². The second-order valence-corrected chi connectivity index (χ2v) is 3.81. The van der Waals surface area contributed by atoms with Gasteiger partial charge in [0.15, 0.2) is 0 Å². The van der Waals surface area contributed by atoms with Crippen LogP contribution in [-0.2, 0) is 9.53 Å². The quantitative estimate of drug-likeness (QED) is 0.553. The van der Waals surface area contributed by atoms with Crippen LogP contribution >= 0.6 is 0 Å². The molecule has 0 aromatic carbocycles. The number of ether oxygens (including phenoxy) is 1. The van der Waals surface area contributed by atoms with Crippen LogP contribution < -0.4 is 5.73 Å². The van der Waals surface area contributed by atoms with E-state index in [-0.39, 0.29) is 17.3 Å². The average Bonchev–Trinajstić information content (AvgIpc) is 2.61. The van der Waals surface area contributed by atoms with Crippen LogP contribution in [0.2, 0.25) is 0 Å². The van der Waals surface area contributed by atoms with Gasteiger partial charge in [0.05, 0.1) is 13.0 Å². The van der Waals surface area contributed by atoms with Crippen molar-refractivity contribution in [1.82, 2.24) is 0 Å². The molecule has 62 valence electrons. The molecule has 0 aromatic heterocycles. The SMILES string of the molecule is COC(=O)[C@H]1CC12CC(N)C2. The average molecular weight is 155 g/mol. The number of hydrogen-bond acceptors (Lipinski definition) is 3. The number of rotatable bonds is 1. The maximum Gasteiger partial charge on any atom is 0.309 e. The Morgan fingerprint density at radius 3 is 2.64 bits per heavy atom. The Morgan fingerprint density at radius 1 is 1.55 bits per heavy atom. The first-order valence-corrected chi connectivity index (χ1v) is 4.01. The summed E-state index contributed by atoms with van der Waals surface area (Å²) in [6.07, 6.45) is 3.05. The maximum atomic E-state index is 11.0. The first kappa shape index (κ1) is 7.10. The fourth-order valence-electron chi connectivity index (χ4n) is 2.26. The molecule has 0 radical (unpaired) electrons. The van der Waals surface area contributed by atoms with Crippen molar-refractivity contribution >= 4 is 5.97 Å². The van der Waals surface area contributed by atoms with Crippen molar-refractivity contribution in [3.63, 3.8) is 0 Å². The molecule has 2 aliphatic rings. The number of nitrogens with two attached hydrogens (primary N) is 1. The second-order valence-electron chi connectivity index (χ2n) is 3.81. The smallest absolute Gasteiger partial charge is 0.309 e. The van der Waals surface area contributed by atoms with Gasteiger partial charge in [0.1, 0.15) is 0 Å². The Bertz CT molecular complexity index is 196. The van der Waals surface area contributed by atoms with E-state index in [9.17, 15) is 4.79 Å². The molecule has 2 N–H and O–H groups in total. The molecule has 2 aliphatic carbocycles. The van der Waals surface area contributed by atoms with Crippen LogP contribution in [0.1, 0.15) is 19.3 Å². The highest BCUT2D eigenvalue weighted by Crippen LogP contribution is 2.65. The maximum absolute atomic E-state index is 11.0. The van der Waals surface area contributed by atoms with E-state index in [2.05, 4.69) is 4.74 Å². The first-order chi connectivity index (χ1) is 5.18. The predicted octanol–water partition coefficient (Wildman–Crippen LogP) is 0.287. The van der Waals surface area contributed by atoms with Crippen LogP contribution in [-0.4, -0.2) is 19.1 Å². The number of carbonyl (C=O) groups is 1. The Balaban J connectivity index is 1.91. The molecule has 1 spiro atoms. The lowest BCUT2D eigenvalue weighted by Gasteiger charge is -2.33. The number of esters is 1. The Labute approximate surface area is 65.9 Å². The zero-order chi connectivity index (χ0) is 8.06. The summed E-state index contributed by atoms with van der Waals surface area (Å²) in [7, 11) is 1.45. The van der Waals surface area contributed by atoms with E-state index < -0.39 is 0 Å². The van der Waals surface area contributed by atoms with Gasteiger partial charge in [-0.2, -0.15) is 0 Å². The molecule has 0 aliphatic heterocycles. The van der Waals surface area contributed by atoms with Gasteiger partial charge < -0.3 is 10.5 Å². The van der Waals surface area contributed by atoms with Crippen molar-refractivity contribution in [2.24, 2.45) is 17.1 Å². The highest BCUT2D eigenvalue weighted by atomic mass is 16.5. The van der Waals surface area contributed by atoms with Crippen LogP contribution in [0, 0.1) is 11.3 Å². The van der Waals surface area contributed by atoms with Crippen LogP contribution in [0.5, 0.6) is 0 Å². The Morgan fingerprint density at radius 2 is 2.18 bits per heavy atom. The van der Waals surface area contributed by atoms with Crippen LogP contribution in [0.3, 0.4) is 0 Å². The minimum atomic E-state index is -0.0445. The molecule has 0 aromatic rings. The molecule has 0 amide bonds. The number of hydrogen-bond donors (Lipinski definition) is 1. The van der Waals surface area contributed by atoms with E-state index in [0.29, 0.717) is 6.04 Å².